The molecule has 5 nitrogen and oxygen atoms in total. The van der Waals surface area contributed by atoms with Gasteiger partial charge in [0, 0.05) is 5.39 Å². The van der Waals surface area contributed by atoms with E-state index in [1.165, 1.54) is 6.07 Å². The fourth-order valence-corrected chi connectivity index (χ4v) is 2.03. The number of para-hydroxylation sites is 2. The number of nitrogens with two attached hydrogens (primary N) is 1. The van der Waals surface area contributed by atoms with E-state index in [-0.39, 0.29) is 5.75 Å². The summed E-state index contributed by atoms with van der Waals surface area (Å²) in [5, 5.41) is 10.6. The highest BCUT2D eigenvalue weighted by molar-refractivity contribution is 5.90. The fourth-order valence-electron chi connectivity index (χ4n) is 2.03. The molecule has 0 atom stereocenters. The zero-order valence-corrected chi connectivity index (χ0v) is 10.8. The monoisotopic (exact) mass is 290 g/mol. The number of benzene rings is 2. The lowest BCUT2D eigenvalue weighted by molar-refractivity contribution is -0.0493. The van der Waals surface area contributed by atoms with Crippen molar-refractivity contribution < 1.29 is 13.5 Å². The Morgan fingerprint density at radius 1 is 1.19 bits per heavy atom. The third-order valence-electron chi connectivity index (χ3n) is 2.98. The Balaban J connectivity index is 1.96. The number of aromatic amines is 1. The molecule has 3 aromatic rings. The second-order valence-electron chi connectivity index (χ2n) is 4.40. The van der Waals surface area contributed by atoms with Crippen LogP contribution in [0.4, 0.5) is 25.8 Å². The predicted molar refractivity (Wildman–Crippen MR) is 76.9 cm³/mol. The quantitative estimate of drug-likeness (QED) is 0.643. The molecule has 3 rings (SSSR count). The topological polar surface area (TPSA) is 76.0 Å². The van der Waals surface area contributed by atoms with Gasteiger partial charge in [0.2, 0.25) is 0 Å². The number of nitrogens with one attached hydrogen (secondary N) is 2. The van der Waals surface area contributed by atoms with Gasteiger partial charge in [-0.1, -0.05) is 12.1 Å². The van der Waals surface area contributed by atoms with Crippen molar-refractivity contribution in [1.29, 1.82) is 0 Å². The lowest BCUT2D eigenvalue weighted by atomic mass is 10.2. The third-order valence-corrected chi connectivity index (χ3v) is 2.98. The maximum Gasteiger partial charge on any atom is 0.387 e. The highest BCUT2D eigenvalue weighted by Crippen LogP contribution is 2.32. The van der Waals surface area contributed by atoms with Gasteiger partial charge in [-0.05, 0) is 24.3 Å². The number of H-pyrrole nitrogens is 1. The summed E-state index contributed by atoms with van der Waals surface area (Å²) in [7, 11) is 0. The lowest BCUT2D eigenvalue weighted by Crippen LogP contribution is -2.05. The summed E-state index contributed by atoms with van der Waals surface area (Å²) < 4.78 is 29.3. The molecule has 0 bridgehead atoms. The number of fused-ring (bicyclic) bond motifs is 1. The van der Waals surface area contributed by atoms with Crippen molar-refractivity contribution in [2.75, 3.05) is 11.1 Å². The Kier molecular flexibility index (Phi) is 3.31. The first-order valence-corrected chi connectivity index (χ1v) is 6.17. The van der Waals surface area contributed by atoms with Crippen LogP contribution in [-0.2, 0) is 0 Å². The van der Waals surface area contributed by atoms with Crippen molar-refractivity contribution in [2.45, 2.75) is 6.61 Å². The Morgan fingerprint density at radius 2 is 2.00 bits per heavy atom. The predicted octanol–water partition coefficient (Wildman–Crippen LogP) is 3.49. The second kappa shape index (κ2) is 5.28. The molecule has 0 fully saturated rings. The first-order valence-electron chi connectivity index (χ1n) is 6.17. The smallest absolute Gasteiger partial charge is 0.387 e. The average Bonchev–Trinajstić information content (AvgIpc) is 2.88. The number of hydrogen-bond donors (Lipinski definition) is 3. The van der Waals surface area contributed by atoms with Gasteiger partial charge in [-0.25, -0.2) is 0 Å². The Labute approximate surface area is 118 Å². The maximum atomic E-state index is 12.4. The number of nitrogens with zero attached hydrogens (tertiary/aromatic N) is 1. The van der Waals surface area contributed by atoms with Gasteiger partial charge in [-0.3, -0.25) is 5.10 Å². The molecule has 0 unspecified atom stereocenters. The molecule has 0 amide bonds. The van der Waals surface area contributed by atoms with Gasteiger partial charge < -0.3 is 15.8 Å². The van der Waals surface area contributed by atoms with Crippen LogP contribution in [0.1, 0.15) is 0 Å². The molecule has 2 aromatic carbocycles. The fraction of sp³-hybridized carbons (Fsp3) is 0.0714. The van der Waals surface area contributed by atoms with E-state index in [1.807, 2.05) is 0 Å². The summed E-state index contributed by atoms with van der Waals surface area (Å²) in [5.74, 6) is 0.0524. The Morgan fingerprint density at radius 3 is 2.81 bits per heavy atom. The summed E-state index contributed by atoms with van der Waals surface area (Å²) in [6.45, 7) is -2.89. The summed E-state index contributed by atoms with van der Waals surface area (Å²) in [6, 6.07) is 9.93. The number of anilines is 3. The molecule has 0 radical (unpaired) electrons. The molecule has 0 aliphatic carbocycles. The Hall–Kier alpha value is -2.83. The molecule has 108 valence electrons. The molecule has 0 aliphatic heterocycles. The van der Waals surface area contributed by atoms with Crippen molar-refractivity contribution in [3.8, 4) is 5.75 Å². The molecule has 0 saturated carbocycles. The first kappa shape index (κ1) is 13.2. The van der Waals surface area contributed by atoms with Gasteiger partial charge in [-0.15, -0.1) is 0 Å². The summed E-state index contributed by atoms with van der Waals surface area (Å²) in [4.78, 5) is 0. The van der Waals surface area contributed by atoms with Crippen molar-refractivity contribution >= 4 is 28.0 Å². The molecule has 4 N–H and O–H groups in total. The lowest BCUT2D eigenvalue weighted by Gasteiger charge is -2.14. The highest BCUT2D eigenvalue weighted by Gasteiger charge is 2.11. The van der Waals surface area contributed by atoms with Crippen LogP contribution in [0, 0.1) is 0 Å². The van der Waals surface area contributed by atoms with E-state index in [9.17, 15) is 8.78 Å². The average molecular weight is 290 g/mol. The molecule has 1 aromatic heterocycles. The maximum absolute atomic E-state index is 12.4. The van der Waals surface area contributed by atoms with Crippen LogP contribution in [0.3, 0.4) is 0 Å². The molecule has 21 heavy (non-hydrogen) atoms. The Bertz CT molecular complexity index is 773. The van der Waals surface area contributed by atoms with Crippen LogP contribution in [0.15, 0.2) is 42.6 Å². The molecular weight excluding hydrogens is 278 g/mol. The standard InChI is InChI=1S/C14H12F2N4O/c15-14(16)21-13-4-2-1-3-10(13)19-12-6-11-8(5-9(12)17)7-18-20-11/h1-7,14,19H,17H2,(H,18,20). The summed E-state index contributed by atoms with van der Waals surface area (Å²) >= 11 is 0. The normalized spacial score (nSPS) is 11.0. The van der Waals surface area contributed by atoms with E-state index in [2.05, 4.69) is 20.3 Å². The zero-order valence-electron chi connectivity index (χ0n) is 10.8. The number of nitrogen functional groups attached to an aromatic ring is 1. The molecular formula is C14H12F2N4O. The molecule has 0 saturated heterocycles. The van der Waals surface area contributed by atoms with E-state index >= 15 is 0 Å². The van der Waals surface area contributed by atoms with Crippen LogP contribution in [0.25, 0.3) is 10.9 Å². The van der Waals surface area contributed by atoms with Gasteiger partial charge in [0.15, 0.2) is 0 Å². The van der Waals surface area contributed by atoms with Gasteiger partial charge >= 0.3 is 6.61 Å². The van der Waals surface area contributed by atoms with Crippen LogP contribution >= 0.6 is 0 Å². The minimum atomic E-state index is -2.89. The van der Waals surface area contributed by atoms with Gasteiger partial charge in [0.05, 0.1) is 28.8 Å². The van der Waals surface area contributed by atoms with E-state index < -0.39 is 6.61 Å². The molecule has 0 aliphatic rings. The van der Waals surface area contributed by atoms with Gasteiger partial charge in [0.1, 0.15) is 5.75 Å². The minimum absolute atomic E-state index is 0.0524. The summed E-state index contributed by atoms with van der Waals surface area (Å²) in [6.07, 6.45) is 1.66. The van der Waals surface area contributed by atoms with Crippen molar-refractivity contribution in [3.63, 3.8) is 0 Å². The van der Waals surface area contributed by atoms with E-state index in [0.29, 0.717) is 17.1 Å². The van der Waals surface area contributed by atoms with E-state index in [1.54, 1.807) is 36.5 Å². The van der Waals surface area contributed by atoms with Crippen molar-refractivity contribution in [2.24, 2.45) is 0 Å². The number of halogens is 2. The number of hydrogen-bond acceptors (Lipinski definition) is 4. The van der Waals surface area contributed by atoms with E-state index in [4.69, 9.17) is 5.73 Å². The van der Waals surface area contributed by atoms with Crippen LogP contribution < -0.4 is 15.8 Å². The summed E-state index contributed by atoms with van der Waals surface area (Å²) in [5.41, 5.74) is 8.21. The third kappa shape index (κ3) is 2.71. The van der Waals surface area contributed by atoms with Gasteiger partial charge in [-0.2, -0.15) is 13.9 Å². The molecule has 0 spiro atoms. The first-order chi connectivity index (χ1) is 10.1. The van der Waals surface area contributed by atoms with Crippen LogP contribution in [0.5, 0.6) is 5.75 Å². The minimum Gasteiger partial charge on any atom is -0.433 e. The largest absolute Gasteiger partial charge is 0.433 e. The highest BCUT2D eigenvalue weighted by atomic mass is 19.3. The van der Waals surface area contributed by atoms with Crippen LogP contribution in [0.2, 0.25) is 0 Å². The number of aromatic nitrogens is 2. The molecule has 7 heteroatoms. The number of ether oxygens (including phenoxy) is 1. The van der Waals surface area contributed by atoms with Crippen molar-refractivity contribution in [3.05, 3.63) is 42.6 Å². The van der Waals surface area contributed by atoms with Crippen molar-refractivity contribution in [1.82, 2.24) is 10.2 Å². The zero-order chi connectivity index (χ0) is 14.8. The molecule has 1 heterocycles. The van der Waals surface area contributed by atoms with E-state index in [0.717, 1.165) is 10.9 Å². The SMILES string of the molecule is Nc1cc2cn[nH]c2cc1Nc1ccccc1OC(F)F. The van der Waals surface area contributed by atoms with Gasteiger partial charge in [0.25, 0.3) is 0 Å². The number of rotatable bonds is 4. The number of alkyl halides is 2. The second-order valence-corrected chi connectivity index (χ2v) is 4.40. The van der Waals surface area contributed by atoms with Crippen LogP contribution in [-0.4, -0.2) is 16.8 Å².